The van der Waals surface area contributed by atoms with E-state index in [9.17, 15) is 9.59 Å². The fraction of sp³-hybridized carbons (Fsp3) is 0.400. The lowest BCUT2D eigenvalue weighted by Crippen LogP contribution is -2.23. The fourth-order valence-electron chi connectivity index (χ4n) is 0.854. The minimum atomic E-state index is -0.564. The van der Waals surface area contributed by atoms with E-state index in [1.807, 2.05) is 0 Å². The van der Waals surface area contributed by atoms with Gasteiger partial charge in [-0.3, -0.25) is 4.79 Å². The van der Waals surface area contributed by atoms with Gasteiger partial charge in [0.05, 0.1) is 0 Å². The van der Waals surface area contributed by atoms with Crippen LogP contribution in [0.5, 0.6) is 0 Å². The topological polar surface area (TPSA) is 56.5 Å². The monoisotopic (exact) mass is 196 g/mol. The number of rotatable bonds is 2. The predicted molar refractivity (Wildman–Crippen MR) is 49.3 cm³/mol. The molecule has 0 bridgehead atoms. The molecule has 0 N–H and O–H groups in total. The Morgan fingerprint density at radius 2 is 2.07 bits per heavy atom. The van der Waals surface area contributed by atoms with Crippen molar-refractivity contribution in [3.63, 3.8) is 0 Å². The second-order valence-corrected chi connectivity index (χ2v) is 3.82. The number of hydrogen-bond acceptors (Lipinski definition) is 4. The van der Waals surface area contributed by atoms with Gasteiger partial charge in [-0.2, -0.15) is 0 Å². The fourth-order valence-corrected chi connectivity index (χ4v) is 0.854. The molecule has 14 heavy (non-hydrogen) atoms. The van der Waals surface area contributed by atoms with Crippen molar-refractivity contribution < 1.29 is 18.7 Å². The molecule has 0 atom stereocenters. The highest BCUT2D eigenvalue weighted by Gasteiger charge is 2.20. The van der Waals surface area contributed by atoms with Gasteiger partial charge in [0, 0.05) is 0 Å². The number of furan rings is 1. The van der Waals surface area contributed by atoms with Crippen molar-refractivity contribution in [1.82, 2.24) is 0 Å². The van der Waals surface area contributed by atoms with Crippen LogP contribution in [0.15, 0.2) is 16.5 Å². The lowest BCUT2D eigenvalue weighted by molar-refractivity contribution is 0.00355. The van der Waals surface area contributed by atoms with E-state index in [2.05, 4.69) is 0 Å². The number of ether oxygens (including phenoxy) is 1. The largest absolute Gasteiger partial charge is 0.454 e. The number of esters is 1. The van der Waals surface area contributed by atoms with Gasteiger partial charge in [0.1, 0.15) is 5.60 Å². The van der Waals surface area contributed by atoms with E-state index in [1.54, 1.807) is 20.8 Å². The average molecular weight is 196 g/mol. The van der Waals surface area contributed by atoms with E-state index in [-0.39, 0.29) is 11.5 Å². The zero-order chi connectivity index (χ0) is 10.8. The third kappa shape index (κ3) is 2.73. The van der Waals surface area contributed by atoms with Crippen molar-refractivity contribution >= 4 is 12.3 Å². The van der Waals surface area contributed by atoms with Crippen LogP contribution in [0.4, 0.5) is 0 Å². The first-order valence-corrected chi connectivity index (χ1v) is 4.21. The van der Waals surface area contributed by atoms with Crippen LogP contribution in [0.1, 0.15) is 41.9 Å². The van der Waals surface area contributed by atoms with Crippen LogP contribution in [0, 0.1) is 0 Å². The van der Waals surface area contributed by atoms with E-state index < -0.39 is 11.6 Å². The van der Waals surface area contributed by atoms with Gasteiger partial charge in [-0.25, -0.2) is 4.79 Å². The molecule has 0 radical (unpaired) electrons. The van der Waals surface area contributed by atoms with Crippen LogP contribution in [-0.2, 0) is 4.74 Å². The third-order valence-electron chi connectivity index (χ3n) is 1.34. The Morgan fingerprint density at radius 3 is 2.50 bits per heavy atom. The van der Waals surface area contributed by atoms with E-state index in [4.69, 9.17) is 9.15 Å². The summed E-state index contributed by atoms with van der Waals surface area (Å²) in [4.78, 5) is 21.6. The highest BCUT2D eigenvalue weighted by atomic mass is 16.6. The maximum atomic E-state index is 11.4. The van der Waals surface area contributed by atoms with Crippen molar-refractivity contribution in [2.45, 2.75) is 26.4 Å². The van der Waals surface area contributed by atoms with Crippen LogP contribution in [-0.4, -0.2) is 17.9 Å². The molecule has 0 amide bonds. The highest BCUT2D eigenvalue weighted by molar-refractivity contribution is 5.87. The molecule has 0 aliphatic rings. The van der Waals surface area contributed by atoms with Gasteiger partial charge in [-0.15, -0.1) is 0 Å². The Kier molecular flexibility index (Phi) is 2.74. The van der Waals surface area contributed by atoms with E-state index in [0.717, 1.165) is 0 Å². The van der Waals surface area contributed by atoms with E-state index in [0.29, 0.717) is 6.29 Å². The van der Waals surface area contributed by atoms with E-state index in [1.165, 1.54) is 12.1 Å². The van der Waals surface area contributed by atoms with Crippen LogP contribution >= 0.6 is 0 Å². The van der Waals surface area contributed by atoms with Gasteiger partial charge in [0.25, 0.3) is 0 Å². The van der Waals surface area contributed by atoms with Crippen LogP contribution < -0.4 is 0 Å². The molecule has 0 fully saturated rings. The van der Waals surface area contributed by atoms with Gasteiger partial charge in [0.15, 0.2) is 12.0 Å². The first-order valence-electron chi connectivity index (χ1n) is 4.21. The molecule has 0 spiro atoms. The molecule has 1 aromatic heterocycles. The summed E-state index contributed by atoms with van der Waals surface area (Å²) in [6.45, 7) is 5.28. The minimum Gasteiger partial charge on any atom is -0.454 e. The first kappa shape index (κ1) is 10.5. The Labute approximate surface area is 81.9 Å². The smallest absolute Gasteiger partial charge is 0.374 e. The summed E-state index contributed by atoms with van der Waals surface area (Å²) in [6.07, 6.45) is 0.536. The molecule has 0 aliphatic heterocycles. The maximum Gasteiger partial charge on any atom is 0.374 e. The number of aldehydes is 1. The maximum absolute atomic E-state index is 11.4. The van der Waals surface area contributed by atoms with Crippen molar-refractivity contribution in [2.24, 2.45) is 0 Å². The second-order valence-electron chi connectivity index (χ2n) is 3.82. The van der Waals surface area contributed by atoms with Crippen LogP contribution in [0.25, 0.3) is 0 Å². The molecule has 1 aromatic rings. The zero-order valence-corrected chi connectivity index (χ0v) is 8.37. The molecule has 0 saturated heterocycles. The lowest BCUT2D eigenvalue weighted by Gasteiger charge is -2.18. The molecule has 76 valence electrons. The summed E-state index contributed by atoms with van der Waals surface area (Å²) in [7, 11) is 0. The van der Waals surface area contributed by atoms with Crippen molar-refractivity contribution in [2.75, 3.05) is 0 Å². The molecule has 1 rings (SSSR count). The molecule has 4 heteroatoms. The van der Waals surface area contributed by atoms with Gasteiger partial charge in [-0.1, -0.05) is 0 Å². The number of carbonyl (C=O) groups excluding carboxylic acids is 2. The normalized spacial score (nSPS) is 11.1. The second kappa shape index (κ2) is 3.65. The van der Waals surface area contributed by atoms with Gasteiger partial charge in [0.2, 0.25) is 5.76 Å². The quantitative estimate of drug-likeness (QED) is 0.536. The minimum absolute atomic E-state index is 0.0435. The van der Waals surface area contributed by atoms with Gasteiger partial charge >= 0.3 is 5.97 Å². The molecular weight excluding hydrogens is 184 g/mol. The Bertz CT molecular complexity index is 343. The summed E-state index contributed by atoms with van der Waals surface area (Å²) >= 11 is 0. The van der Waals surface area contributed by atoms with Crippen LogP contribution in [0.2, 0.25) is 0 Å². The van der Waals surface area contributed by atoms with Gasteiger partial charge in [-0.05, 0) is 32.9 Å². The average Bonchev–Trinajstić information content (AvgIpc) is 2.48. The highest BCUT2D eigenvalue weighted by Crippen LogP contribution is 2.13. The van der Waals surface area contributed by atoms with Gasteiger partial charge < -0.3 is 9.15 Å². The number of carbonyl (C=O) groups is 2. The molecule has 0 aromatic carbocycles. The predicted octanol–water partition coefficient (Wildman–Crippen LogP) is 2.05. The Morgan fingerprint density at radius 1 is 1.43 bits per heavy atom. The Balaban J connectivity index is 2.75. The number of hydrogen-bond donors (Lipinski definition) is 0. The Hall–Kier alpha value is -1.58. The van der Waals surface area contributed by atoms with Crippen molar-refractivity contribution in [3.8, 4) is 0 Å². The van der Waals surface area contributed by atoms with Crippen molar-refractivity contribution in [1.29, 1.82) is 0 Å². The molecular formula is C10H12O4. The third-order valence-corrected chi connectivity index (χ3v) is 1.34. The van der Waals surface area contributed by atoms with Crippen molar-refractivity contribution in [3.05, 3.63) is 23.7 Å². The zero-order valence-electron chi connectivity index (χ0n) is 8.37. The lowest BCUT2D eigenvalue weighted by atomic mass is 10.2. The summed E-state index contributed by atoms with van der Waals surface area (Å²) in [6, 6.07) is 2.84. The molecule has 0 saturated carbocycles. The summed E-state index contributed by atoms with van der Waals surface area (Å²) < 4.78 is 9.93. The van der Waals surface area contributed by atoms with E-state index >= 15 is 0 Å². The molecule has 1 heterocycles. The molecule has 0 unspecified atom stereocenters. The van der Waals surface area contributed by atoms with Crippen LogP contribution in [0.3, 0.4) is 0 Å². The first-order chi connectivity index (χ1) is 6.42. The summed E-state index contributed by atoms with van der Waals surface area (Å²) in [5, 5.41) is 0. The molecule has 4 nitrogen and oxygen atoms in total. The summed E-state index contributed by atoms with van der Waals surface area (Å²) in [5.41, 5.74) is -0.564. The standard InChI is InChI=1S/C10H12O4/c1-10(2,3)14-9(12)8-5-4-7(6-11)13-8/h4-6H,1-3H3. The summed E-state index contributed by atoms with van der Waals surface area (Å²) in [5.74, 6) is -0.404. The SMILES string of the molecule is CC(C)(C)OC(=O)c1ccc(C=O)o1. The molecule has 0 aliphatic carbocycles.